The Hall–Kier alpha value is -2.00. The van der Waals surface area contributed by atoms with Crippen LogP contribution >= 0.6 is 23.2 Å². The molecule has 3 aliphatic heterocycles. The summed E-state index contributed by atoms with van der Waals surface area (Å²) < 4.78 is 31.3. The fourth-order valence-electron chi connectivity index (χ4n) is 4.61. The number of carbonyl (C=O) groups is 1. The van der Waals surface area contributed by atoms with Gasteiger partial charge in [0.15, 0.2) is 11.4 Å². The van der Waals surface area contributed by atoms with Crippen LogP contribution in [-0.2, 0) is 43.0 Å². The summed E-state index contributed by atoms with van der Waals surface area (Å²) in [5.74, 6) is -0.741. The topological polar surface area (TPSA) is 68.2 Å². The third-order valence-corrected chi connectivity index (χ3v) is 7.67. The van der Waals surface area contributed by atoms with E-state index < -0.39 is 27.8 Å². The molecular formula is C23H21Cl2FN2O4S. The van der Waals surface area contributed by atoms with Gasteiger partial charge in [-0.25, -0.2) is 4.39 Å². The maximum Gasteiger partial charge on any atom is 0.235 e. The molecule has 6 nitrogen and oxygen atoms in total. The highest BCUT2D eigenvalue weighted by atomic mass is 35.5. The summed E-state index contributed by atoms with van der Waals surface area (Å²) in [5, 5.41) is 4.17. The average molecular weight is 511 g/mol. The third-order valence-electron chi connectivity index (χ3n) is 6.46. The lowest BCUT2D eigenvalue weighted by atomic mass is 9.83. The van der Waals surface area contributed by atoms with Crippen molar-refractivity contribution in [3.8, 4) is 0 Å². The van der Waals surface area contributed by atoms with Crippen LogP contribution in [0, 0.1) is 5.82 Å². The van der Waals surface area contributed by atoms with Gasteiger partial charge in [-0.3, -0.25) is 9.00 Å². The van der Waals surface area contributed by atoms with Gasteiger partial charge in [-0.2, -0.15) is 0 Å². The normalized spacial score (nSPS) is 23.7. The molecule has 2 atom stereocenters. The molecule has 174 valence electrons. The highest BCUT2D eigenvalue weighted by molar-refractivity contribution is 7.85. The molecule has 3 aliphatic rings. The Morgan fingerprint density at radius 3 is 2.61 bits per heavy atom. The van der Waals surface area contributed by atoms with Gasteiger partial charge < -0.3 is 14.5 Å². The van der Waals surface area contributed by atoms with E-state index in [2.05, 4.69) is 5.16 Å². The van der Waals surface area contributed by atoms with Crippen LogP contribution in [0.15, 0.2) is 35.5 Å². The summed E-state index contributed by atoms with van der Waals surface area (Å²) in [4.78, 5) is 19.6. The minimum atomic E-state index is -1.16. The number of amides is 1. The number of hydrogen-bond acceptors (Lipinski definition) is 5. The fourth-order valence-corrected chi connectivity index (χ4v) is 5.63. The van der Waals surface area contributed by atoms with E-state index in [0.717, 1.165) is 22.4 Å². The van der Waals surface area contributed by atoms with Crippen LogP contribution in [0.5, 0.6) is 0 Å². The molecule has 2 aromatic rings. The smallest absolute Gasteiger partial charge is 0.235 e. The number of ether oxygens (including phenoxy) is 1. The zero-order valence-corrected chi connectivity index (χ0v) is 20.3. The highest BCUT2D eigenvalue weighted by Gasteiger charge is 2.51. The predicted octanol–water partition coefficient (Wildman–Crippen LogP) is 4.12. The Balaban J connectivity index is 1.32. The second-order valence-corrected chi connectivity index (χ2v) is 11.2. The maximum absolute atomic E-state index is 13.8. The molecule has 1 saturated heterocycles. The lowest BCUT2D eigenvalue weighted by Gasteiger charge is -2.47. The zero-order valence-electron chi connectivity index (χ0n) is 18.0. The van der Waals surface area contributed by atoms with Gasteiger partial charge in [0.1, 0.15) is 11.4 Å². The van der Waals surface area contributed by atoms with Crippen LogP contribution in [0.4, 0.5) is 4.39 Å². The number of likely N-dealkylation sites (tertiary alicyclic amines) is 1. The fraction of sp³-hybridized carbons (Fsp3) is 0.391. The van der Waals surface area contributed by atoms with Crippen molar-refractivity contribution < 1.29 is 23.0 Å². The number of rotatable bonds is 4. The number of hydrogen-bond donors (Lipinski definition) is 0. The molecule has 10 heteroatoms. The van der Waals surface area contributed by atoms with Gasteiger partial charge >= 0.3 is 0 Å². The standard InChI is InChI=1S/C23H21Cl2FN2O4S/c1-22(15-6-17(24)21(26)18(25)7-15)8-19(27-32-22)13-3-4-16-14(5-13)9-31-23(16)11-28(12-23)20(29)10-33(2)30/h3-7H,8-12H2,1-2H3. The van der Waals surface area contributed by atoms with E-state index in [1.54, 1.807) is 4.90 Å². The van der Waals surface area contributed by atoms with Gasteiger partial charge in [0, 0.05) is 29.0 Å². The van der Waals surface area contributed by atoms with Gasteiger partial charge in [-0.1, -0.05) is 40.5 Å². The van der Waals surface area contributed by atoms with Crippen LogP contribution < -0.4 is 0 Å². The van der Waals surface area contributed by atoms with Gasteiger partial charge in [0.25, 0.3) is 0 Å². The molecule has 1 spiro atoms. The number of nitrogens with zero attached hydrogens (tertiary/aromatic N) is 2. The lowest BCUT2D eigenvalue weighted by molar-refractivity contribution is -0.166. The second kappa shape index (κ2) is 8.05. The summed E-state index contributed by atoms with van der Waals surface area (Å²) in [5.41, 5.74) is 3.10. The molecule has 3 heterocycles. The second-order valence-electron chi connectivity index (χ2n) is 8.91. The molecule has 0 aromatic heterocycles. The van der Waals surface area contributed by atoms with E-state index in [9.17, 15) is 13.4 Å². The summed E-state index contributed by atoms with van der Waals surface area (Å²) in [7, 11) is -1.16. The van der Waals surface area contributed by atoms with Gasteiger partial charge in [-0.15, -0.1) is 0 Å². The number of fused-ring (bicyclic) bond motifs is 2. The Kier molecular flexibility index (Phi) is 5.55. The van der Waals surface area contributed by atoms with Crippen LogP contribution in [0.1, 0.15) is 35.6 Å². The van der Waals surface area contributed by atoms with E-state index in [-0.39, 0.29) is 21.7 Å². The van der Waals surface area contributed by atoms with E-state index in [4.69, 9.17) is 32.8 Å². The van der Waals surface area contributed by atoms with Crippen LogP contribution in [0.3, 0.4) is 0 Å². The number of oxime groups is 1. The van der Waals surface area contributed by atoms with E-state index in [1.807, 2.05) is 25.1 Å². The van der Waals surface area contributed by atoms with Gasteiger partial charge in [0.05, 0.1) is 35.5 Å². The van der Waals surface area contributed by atoms with Crippen molar-refractivity contribution in [2.24, 2.45) is 5.16 Å². The van der Waals surface area contributed by atoms with Gasteiger partial charge in [-0.05, 0) is 41.8 Å². The molecule has 1 fully saturated rings. The molecule has 1 amide bonds. The van der Waals surface area contributed by atoms with Crippen molar-refractivity contribution in [2.75, 3.05) is 25.1 Å². The van der Waals surface area contributed by atoms with Crippen molar-refractivity contribution in [3.63, 3.8) is 0 Å². The van der Waals surface area contributed by atoms with E-state index >= 15 is 0 Å². The average Bonchev–Trinajstić information content (AvgIpc) is 3.31. The highest BCUT2D eigenvalue weighted by Crippen LogP contribution is 2.45. The number of benzene rings is 2. The van der Waals surface area contributed by atoms with Crippen molar-refractivity contribution in [3.05, 3.63) is 68.4 Å². The largest absolute Gasteiger partial charge is 0.384 e. The summed E-state index contributed by atoms with van der Waals surface area (Å²) >= 11 is 11.9. The first-order valence-electron chi connectivity index (χ1n) is 10.4. The minimum Gasteiger partial charge on any atom is -0.384 e. The molecule has 0 N–H and O–H groups in total. The van der Waals surface area contributed by atoms with Crippen molar-refractivity contribution >= 4 is 45.6 Å². The third kappa shape index (κ3) is 3.87. The van der Waals surface area contributed by atoms with Crippen molar-refractivity contribution in [2.45, 2.75) is 31.2 Å². The molecule has 5 rings (SSSR count). The Labute approximate surface area is 203 Å². The van der Waals surface area contributed by atoms with Crippen LogP contribution in [0.25, 0.3) is 0 Å². The minimum absolute atomic E-state index is 0.0327. The summed E-state index contributed by atoms with van der Waals surface area (Å²) in [6.07, 6.45) is 1.99. The number of carbonyl (C=O) groups excluding carboxylic acids is 1. The van der Waals surface area contributed by atoms with Crippen molar-refractivity contribution in [1.29, 1.82) is 0 Å². The number of halogens is 3. The zero-order chi connectivity index (χ0) is 23.5. The maximum atomic E-state index is 13.8. The van der Waals surface area contributed by atoms with Gasteiger partial charge in [0.2, 0.25) is 5.91 Å². The molecule has 0 bridgehead atoms. The molecule has 0 radical (unpaired) electrons. The summed E-state index contributed by atoms with van der Waals surface area (Å²) in [6.45, 7) is 3.23. The SMILES string of the molecule is CS(=O)CC(=O)N1CC2(C1)OCc1cc(C3=NOC(C)(c4cc(Cl)c(F)c(Cl)c4)C3)ccc12. The predicted molar refractivity (Wildman–Crippen MR) is 124 cm³/mol. The quantitative estimate of drug-likeness (QED) is 0.580. The monoisotopic (exact) mass is 510 g/mol. The van der Waals surface area contributed by atoms with Crippen molar-refractivity contribution in [1.82, 2.24) is 4.90 Å². The first-order chi connectivity index (χ1) is 15.6. The summed E-state index contributed by atoms with van der Waals surface area (Å²) in [6, 6.07) is 9.05. The Bertz CT molecular complexity index is 1210. The van der Waals surface area contributed by atoms with Crippen LogP contribution in [-0.4, -0.2) is 45.8 Å². The molecular weight excluding hydrogens is 490 g/mol. The van der Waals surface area contributed by atoms with E-state index in [0.29, 0.717) is 31.7 Å². The Morgan fingerprint density at radius 1 is 1.24 bits per heavy atom. The molecule has 33 heavy (non-hydrogen) atoms. The van der Waals surface area contributed by atoms with E-state index in [1.165, 1.54) is 18.4 Å². The first kappa shape index (κ1) is 22.8. The Morgan fingerprint density at radius 2 is 1.94 bits per heavy atom. The molecule has 0 aliphatic carbocycles. The van der Waals surface area contributed by atoms with Crippen LogP contribution in [0.2, 0.25) is 10.0 Å². The molecule has 0 saturated carbocycles. The molecule has 2 unspecified atom stereocenters. The lowest BCUT2D eigenvalue weighted by Crippen LogP contribution is -2.61. The molecule has 2 aromatic carbocycles. The first-order valence-corrected chi connectivity index (χ1v) is 12.8.